The number of aliphatic hydroxyl groups excluding tert-OH is 1. The second-order valence-corrected chi connectivity index (χ2v) is 5.85. The summed E-state index contributed by atoms with van der Waals surface area (Å²) in [5, 5.41) is 21.3. The van der Waals surface area contributed by atoms with Gasteiger partial charge in [0.2, 0.25) is 0 Å². The number of nitro benzene ring substituents is 1. The second-order valence-electron chi connectivity index (χ2n) is 5.85. The summed E-state index contributed by atoms with van der Waals surface area (Å²) in [6, 6.07) is 6.75. The first-order chi connectivity index (χ1) is 9.18. The van der Waals surface area contributed by atoms with Crippen molar-refractivity contribution in [2.45, 2.75) is 38.2 Å². The molecule has 0 aliphatic heterocycles. The van der Waals surface area contributed by atoms with Crippen LogP contribution in [0.15, 0.2) is 24.3 Å². The van der Waals surface area contributed by atoms with Gasteiger partial charge >= 0.3 is 0 Å². The Kier molecular flexibility index (Phi) is 3.27. The third kappa shape index (κ3) is 2.37. The van der Waals surface area contributed by atoms with Gasteiger partial charge in [0.1, 0.15) is 0 Å². The Morgan fingerprint density at radius 3 is 2.53 bits per heavy atom. The predicted octanol–water partition coefficient (Wildman–Crippen LogP) is 2.93. The van der Waals surface area contributed by atoms with Gasteiger partial charge in [-0.1, -0.05) is 31.0 Å². The quantitative estimate of drug-likeness (QED) is 0.669. The zero-order valence-electron chi connectivity index (χ0n) is 10.9. The SMILES string of the molecule is O=[N+]([O-])c1ccccc1CC(O)C1C2CCCCC21. The maximum atomic E-state index is 11.0. The van der Waals surface area contributed by atoms with Crippen molar-refractivity contribution in [2.75, 3.05) is 0 Å². The summed E-state index contributed by atoms with van der Waals surface area (Å²) in [4.78, 5) is 10.6. The summed E-state index contributed by atoms with van der Waals surface area (Å²) < 4.78 is 0. The number of nitrogens with zero attached hydrogens (tertiary/aromatic N) is 1. The molecule has 1 aromatic rings. The number of hydrogen-bond acceptors (Lipinski definition) is 3. The minimum absolute atomic E-state index is 0.130. The molecule has 2 aliphatic carbocycles. The third-order valence-corrected chi connectivity index (χ3v) is 4.78. The minimum Gasteiger partial charge on any atom is -0.392 e. The molecule has 3 unspecified atom stereocenters. The first kappa shape index (κ1) is 12.6. The number of aliphatic hydroxyl groups is 1. The topological polar surface area (TPSA) is 63.4 Å². The van der Waals surface area contributed by atoms with Crippen molar-refractivity contribution in [1.82, 2.24) is 0 Å². The van der Waals surface area contributed by atoms with Gasteiger partial charge in [-0.15, -0.1) is 0 Å². The molecule has 4 nitrogen and oxygen atoms in total. The van der Waals surface area contributed by atoms with Gasteiger partial charge in [-0.3, -0.25) is 10.1 Å². The van der Waals surface area contributed by atoms with Crippen LogP contribution in [0.1, 0.15) is 31.2 Å². The molecule has 3 rings (SSSR count). The molecule has 0 saturated heterocycles. The fourth-order valence-electron chi connectivity index (χ4n) is 3.84. The Labute approximate surface area is 112 Å². The van der Waals surface area contributed by atoms with Gasteiger partial charge < -0.3 is 5.11 Å². The van der Waals surface area contributed by atoms with Gasteiger partial charge in [0, 0.05) is 18.1 Å². The Hall–Kier alpha value is -1.42. The van der Waals surface area contributed by atoms with E-state index < -0.39 is 6.10 Å². The Morgan fingerprint density at radius 1 is 1.26 bits per heavy atom. The fraction of sp³-hybridized carbons (Fsp3) is 0.600. The molecule has 3 atom stereocenters. The lowest BCUT2D eigenvalue weighted by Gasteiger charge is -2.10. The average Bonchev–Trinajstić information content (AvgIpc) is 3.13. The lowest BCUT2D eigenvalue weighted by atomic mass is 10.0. The molecule has 102 valence electrons. The number of fused-ring (bicyclic) bond motifs is 1. The van der Waals surface area contributed by atoms with E-state index in [4.69, 9.17) is 0 Å². The molecule has 19 heavy (non-hydrogen) atoms. The van der Waals surface area contributed by atoms with E-state index in [0.717, 1.165) is 0 Å². The smallest absolute Gasteiger partial charge is 0.272 e. The molecule has 0 radical (unpaired) electrons. The third-order valence-electron chi connectivity index (χ3n) is 4.78. The predicted molar refractivity (Wildman–Crippen MR) is 71.7 cm³/mol. The number of para-hydroxylation sites is 1. The monoisotopic (exact) mass is 261 g/mol. The molecule has 2 saturated carbocycles. The molecule has 1 N–H and O–H groups in total. The summed E-state index contributed by atoms with van der Waals surface area (Å²) in [6.07, 6.45) is 4.99. The van der Waals surface area contributed by atoms with Crippen LogP contribution in [0.2, 0.25) is 0 Å². The molecule has 4 heteroatoms. The van der Waals surface area contributed by atoms with Crippen LogP contribution in [0.4, 0.5) is 5.69 Å². The minimum atomic E-state index is -0.422. The average molecular weight is 261 g/mol. The summed E-state index contributed by atoms with van der Waals surface area (Å²) in [5.74, 6) is 1.72. The van der Waals surface area contributed by atoms with E-state index in [0.29, 0.717) is 29.7 Å². The van der Waals surface area contributed by atoms with Crippen LogP contribution in [-0.2, 0) is 6.42 Å². The van der Waals surface area contributed by atoms with Gasteiger partial charge in [0.15, 0.2) is 0 Å². The standard InChI is InChI=1S/C15H19NO3/c17-14(15-11-6-2-3-7-12(11)15)9-10-5-1-4-8-13(10)16(18)19/h1,4-5,8,11-12,14-15,17H,2-3,6-7,9H2. The van der Waals surface area contributed by atoms with Gasteiger partial charge in [-0.25, -0.2) is 0 Å². The first-order valence-corrected chi connectivity index (χ1v) is 7.09. The molecule has 0 aromatic heterocycles. The van der Waals surface area contributed by atoms with E-state index in [1.54, 1.807) is 18.2 Å². The van der Waals surface area contributed by atoms with Gasteiger partial charge in [0.05, 0.1) is 11.0 Å². The number of nitro groups is 1. The molecular weight excluding hydrogens is 242 g/mol. The van der Waals surface area contributed by atoms with Crippen LogP contribution in [0.25, 0.3) is 0 Å². The van der Waals surface area contributed by atoms with Crippen molar-refractivity contribution in [3.8, 4) is 0 Å². The molecule has 0 amide bonds. The highest BCUT2D eigenvalue weighted by Gasteiger charge is 2.53. The summed E-state index contributed by atoms with van der Waals surface area (Å²) in [7, 11) is 0. The van der Waals surface area contributed by atoms with E-state index in [-0.39, 0.29) is 10.6 Å². The van der Waals surface area contributed by atoms with Crippen LogP contribution < -0.4 is 0 Å². The zero-order valence-corrected chi connectivity index (χ0v) is 10.9. The van der Waals surface area contributed by atoms with Gasteiger partial charge in [0.25, 0.3) is 5.69 Å². The molecule has 0 heterocycles. The number of hydrogen-bond donors (Lipinski definition) is 1. The van der Waals surface area contributed by atoms with Crippen molar-refractivity contribution in [1.29, 1.82) is 0 Å². The Morgan fingerprint density at radius 2 is 1.89 bits per heavy atom. The largest absolute Gasteiger partial charge is 0.392 e. The highest BCUT2D eigenvalue weighted by atomic mass is 16.6. The summed E-state index contributed by atoms with van der Waals surface area (Å²) >= 11 is 0. The van der Waals surface area contributed by atoms with Crippen LogP contribution in [0.3, 0.4) is 0 Å². The van der Waals surface area contributed by atoms with Crippen LogP contribution in [0.5, 0.6) is 0 Å². The lowest BCUT2D eigenvalue weighted by Crippen LogP contribution is -2.16. The van der Waals surface area contributed by atoms with Gasteiger partial charge in [-0.2, -0.15) is 0 Å². The molecule has 1 aromatic carbocycles. The Balaban J connectivity index is 1.70. The molecular formula is C15H19NO3. The molecule has 2 aliphatic rings. The van der Waals surface area contributed by atoms with Crippen LogP contribution in [0, 0.1) is 27.9 Å². The fourth-order valence-corrected chi connectivity index (χ4v) is 3.84. The van der Waals surface area contributed by atoms with E-state index in [9.17, 15) is 15.2 Å². The van der Waals surface area contributed by atoms with Crippen molar-refractivity contribution in [3.05, 3.63) is 39.9 Å². The highest BCUT2D eigenvalue weighted by Crippen LogP contribution is 2.57. The number of benzene rings is 1. The summed E-state index contributed by atoms with van der Waals surface area (Å²) in [5.41, 5.74) is 0.786. The second kappa shape index (κ2) is 4.93. The normalized spacial score (nSPS) is 30.5. The summed E-state index contributed by atoms with van der Waals surface area (Å²) in [6.45, 7) is 0. The maximum Gasteiger partial charge on any atom is 0.272 e. The van der Waals surface area contributed by atoms with Crippen molar-refractivity contribution in [2.24, 2.45) is 17.8 Å². The Bertz CT molecular complexity index is 476. The van der Waals surface area contributed by atoms with Crippen molar-refractivity contribution in [3.63, 3.8) is 0 Å². The molecule has 2 fully saturated rings. The van der Waals surface area contributed by atoms with Gasteiger partial charge in [-0.05, 0) is 30.6 Å². The lowest BCUT2D eigenvalue weighted by molar-refractivity contribution is -0.385. The first-order valence-electron chi connectivity index (χ1n) is 7.09. The van der Waals surface area contributed by atoms with Crippen molar-refractivity contribution >= 4 is 5.69 Å². The van der Waals surface area contributed by atoms with E-state index in [1.165, 1.54) is 31.7 Å². The van der Waals surface area contributed by atoms with Crippen molar-refractivity contribution < 1.29 is 10.0 Å². The van der Waals surface area contributed by atoms with E-state index >= 15 is 0 Å². The van der Waals surface area contributed by atoms with E-state index in [2.05, 4.69) is 0 Å². The number of rotatable bonds is 4. The van der Waals surface area contributed by atoms with E-state index in [1.807, 2.05) is 0 Å². The molecule has 0 bridgehead atoms. The zero-order chi connectivity index (χ0) is 13.4. The maximum absolute atomic E-state index is 11.0. The highest BCUT2D eigenvalue weighted by molar-refractivity contribution is 5.40. The van der Waals surface area contributed by atoms with Crippen LogP contribution in [-0.4, -0.2) is 16.1 Å². The van der Waals surface area contributed by atoms with Crippen LogP contribution >= 0.6 is 0 Å². The molecule has 0 spiro atoms.